The van der Waals surface area contributed by atoms with Crippen molar-refractivity contribution in [2.24, 2.45) is 0 Å². The fraction of sp³-hybridized carbons (Fsp3) is 0.133. The van der Waals surface area contributed by atoms with Gasteiger partial charge in [-0.3, -0.25) is 0 Å². The molecule has 0 amide bonds. The normalized spacial score (nSPS) is 10.5. The summed E-state index contributed by atoms with van der Waals surface area (Å²) in [4.78, 5) is 18.5. The Kier molecular flexibility index (Phi) is 3.61. The Hall–Kier alpha value is -3.09. The van der Waals surface area contributed by atoms with Crippen molar-refractivity contribution in [1.29, 1.82) is 0 Å². The summed E-state index contributed by atoms with van der Waals surface area (Å²) in [6, 6.07) is 11.9. The number of carbonyl (C=O) groups is 1. The molecule has 3 rings (SSSR count). The Balaban J connectivity index is 1.88. The maximum Gasteiger partial charge on any atom is 0.365 e. The lowest BCUT2D eigenvalue weighted by atomic mass is 10.2. The molecule has 0 saturated heterocycles. The van der Waals surface area contributed by atoms with Crippen LogP contribution >= 0.6 is 0 Å². The molecule has 1 aromatic heterocycles. The van der Waals surface area contributed by atoms with Crippen LogP contribution < -0.4 is 14.3 Å². The molecule has 7 heteroatoms. The number of hydrogen-bond acceptors (Lipinski definition) is 6. The van der Waals surface area contributed by atoms with Crippen LogP contribution in [-0.2, 0) is 0 Å². The summed E-state index contributed by atoms with van der Waals surface area (Å²) >= 11 is 0. The molecule has 0 atom stereocenters. The van der Waals surface area contributed by atoms with E-state index < -0.39 is 5.97 Å². The fourth-order valence-corrected chi connectivity index (χ4v) is 2.01. The number of rotatable bonds is 4. The van der Waals surface area contributed by atoms with Crippen LogP contribution in [-0.4, -0.2) is 35.3 Å². The molecule has 0 N–H and O–H groups in total. The second-order valence-corrected chi connectivity index (χ2v) is 4.40. The van der Waals surface area contributed by atoms with E-state index in [0.717, 1.165) is 4.85 Å². The maximum absolute atomic E-state index is 12.2. The van der Waals surface area contributed by atoms with E-state index >= 15 is 0 Å². The van der Waals surface area contributed by atoms with Crippen molar-refractivity contribution in [3.63, 3.8) is 0 Å². The smallest absolute Gasteiger partial charge is 0.365 e. The van der Waals surface area contributed by atoms with Crippen molar-refractivity contribution >= 4 is 17.0 Å². The Morgan fingerprint density at radius 3 is 2.59 bits per heavy atom. The molecule has 112 valence electrons. The number of fused-ring (bicyclic) bond motifs is 1. The number of para-hydroxylation sites is 1. The lowest BCUT2D eigenvalue weighted by molar-refractivity contribution is 0.0408. The molecule has 0 aliphatic carbocycles. The fourth-order valence-electron chi connectivity index (χ4n) is 2.01. The molecule has 0 fully saturated rings. The first-order valence-electron chi connectivity index (χ1n) is 6.48. The van der Waals surface area contributed by atoms with Gasteiger partial charge in [-0.2, -0.15) is 0 Å². The average Bonchev–Trinajstić information content (AvgIpc) is 2.97. The van der Waals surface area contributed by atoms with Crippen molar-refractivity contribution in [1.82, 2.24) is 15.2 Å². The lowest BCUT2D eigenvalue weighted by Gasteiger charge is -2.09. The Bertz CT molecular complexity index is 829. The van der Waals surface area contributed by atoms with Gasteiger partial charge in [0.1, 0.15) is 11.0 Å². The van der Waals surface area contributed by atoms with Gasteiger partial charge < -0.3 is 14.3 Å². The van der Waals surface area contributed by atoms with E-state index in [1.807, 2.05) is 12.1 Å². The zero-order chi connectivity index (χ0) is 15.5. The van der Waals surface area contributed by atoms with Crippen LogP contribution in [0.2, 0.25) is 0 Å². The third kappa shape index (κ3) is 2.44. The molecule has 0 aliphatic rings. The molecule has 2 aromatic carbocycles. The largest absolute Gasteiger partial charge is 0.493 e. The average molecular weight is 299 g/mol. The summed E-state index contributed by atoms with van der Waals surface area (Å²) in [5, 5.41) is 7.72. The van der Waals surface area contributed by atoms with E-state index in [0.29, 0.717) is 28.1 Å². The monoisotopic (exact) mass is 299 g/mol. The number of carbonyl (C=O) groups excluding carboxylic acids is 1. The van der Waals surface area contributed by atoms with E-state index in [1.54, 1.807) is 30.3 Å². The predicted molar refractivity (Wildman–Crippen MR) is 78.0 cm³/mol. The van der Waals surface area contributed by atoms with Crippen LogP contribution in [0.3, 0.4) is 0 Å². The van der Waals surface area contributed by atoms with Crippen molar-refractivity contribution in [2.75, 3.05) is 14.2 Å². The highest BCUT2D eigenvalue weighted by atomic mass is 16.7. The summed E-state index contributed by atoms with van der Waals surface area (Å²) in [7, 11) is 3.02. The van der Waals surface area contributed by atoms with Gasteiger partial charge in [-0.1, -0.05) is 17.0 Å². The minimum absolute atomic E-state index is 0.317. The van der Waals surface area contributed by atoms with Crippen LogP contribution in [0.5, 0.6) is 11.5 Å². The molecule has 7 nitrogen and oxygen atoms in total. The summed E-state index contributed by atoms with van der Waals surface area (Å²) in [6.45, 7) is 0. The first-order valence-corrected chi connectivity index (χ1v) is 6.48. The highest BCUT2D eigenvalue weighted by molar-refractivity contribution is 5.91. The van der Waals surface area contributed by atoms with Gasteiger partial charge in [-0.05, 0) is 35.5 Å². The minimum Gasteiger partial charge on any atom is -0.493 e. The van der Waals surface area contributed by atoms with E-state index in [-0.39, 0.29) is 0 Å². The minimum atomic E-state index is -0.573. The first kappa shape index (κ1) is 13.9. The molecule has 0 bridgehead atoms. The molecule has 22 heavy (non-hydrogen) atoms. The second-order valence-electron chi connectivity index (χ2n) is 4.40. The molecule has 0 aliphatic heterocycles. The number of benzene rings is 2. The number of hydrogen-bond donors (Lipinski definition) is 0. The second kappa shape index (κ2) is 5.72. The molecule has 3 aromatic rings. The molecular formula is C15H13N3O4. The van der Waals surface area contributed by atoms with Gasteiger partial charge in [0.25, 0.3) is 0 Å². The molecule has 0 unspecified atom stereocenters. The number of nitrogens with zero attached hydrogens (tertiary/aromatic N) is 3. The van der Waals surface area contributed by atoms with Crippen LogP contribution in [0, 0.1) is 0 Å². The first-order chi connectivity index (χ1) is 10.7. The summed E-state index contributed by atoms with van der Waals surface area (Å²) in [5.74, 6) is 0.405. The quantitative estimate of drug-likeness (QED) is 0.683. The zero-order valence-corrected chi connectivity index (χ0v) is 12.0. The molecule has 0 spiro atoms. The Labute approximate surface area is 126 Å². The number of aromatic nitrogens is 3. The number of methoxy groups -OCH3 is 2. The SMILES string of the molecule is COc1ccc(C(=O)On2nnc3ccccc32)cc1OC. The summed E-state index contributed by atoms with van der Waals surface area (Å²) in [6.07, 6.45) is 0. The van der Waals surface area contributed by atoms with Gasteiger partial charge in [-0.15, -0.1) is 5.10 Å². The molecule has 0 saturated carbocycles. The van der Waals surface area contributed by atoms with E-state index in [2.05, 4.69) is 10.3 Å². The highest BCUT2D eigenvalue weighted by Gasteiger charge is 2.15. The van der Waals surface area contributed by atoms with Gasteiger partial charge in [0.2, 0.25) is 0 Å². The van der Waals surface area contributed by atoms with Crippen molar-refractivity contribution < 1.29 is 19.1 Å². The molecule has 1 heterocycles. The highest BCUT2D eigenvalue weighted by Crippen LogP contribution is 2.27. The predicted octanol–water partition coefficient (Wildman–Crippen LogP) is 1.72. The lowest BCUT2D eigenvalue weighted by Crippen LogP contribution is -2.21. The van der Waals surface area contributed by atoms with E-state index in [4.69, 9.17) is 14.3 Å². The Morgan fingerprint density at radius 2 is 1.82 bits per heavy atom. The van der Waals surface area contributed by atoms with Crippen LogP contribution in [0.4, 0.5) is 0 Å². The molecule has 0 radical (unpaired) electrons. The van der Waals surface area contributed by atoms with Crippen LogP contribution in [0.15, 0.2) is 42.5 Å². The summed E-state index contributed by atoms with van der Waals surface area (Å²) in [5.41, 5.74) is 1.57. The van der Waals surface area contributed by atoms with Gasteiger partial charge in [0, 0.05) is 0 Å². The third-order valence-corrected chi connectivity index (χ3v) is 3.11. The van der Waals surface area contributed by atoms with Crippen molar-refractivity contribution in [2.45, 2.75) is 0 Å². The van der Waals surface area contributed by atoms with Gasteiger partial charge in [0.05, 0.1) is 19.8 Å². The number of ether oxygens (including phenoxy) is 2. The molecular weight excluding hydrogens is 286 g/mol. The summed E-state index contributed by atoms with van der Waals surface area (Å²) < 4.78 is 10.3. The van der Waals surface area contributed by atoms with Crippen molar-refractivity contribution in [3.8, 4) is 11.5 Å². The zero-order valence-electron chi connectivity index (χ0n) is 12.0. The van der Waals surface area contributed by atoms with Gasteiger partial charge in [-0.25, -0.2) is 4.79 Å². The van der Waals surface area contributed by atoms with Gasteiger partial charge >= 0.3 is 5.97 Å². The maximum atomic E-state index is 12.2. The van der Waals surface area contributed by atoms with E-state index in [9.17, 15) is 4.79 Å². The van der Waals surface area contributed by atoms with Gasteiger partial charge in [0.15, 0.2) is 11.5 Å². The topological polar surface area (TPSA) is 75.5 Å². The van der Waals surface area contributed by atoms with E-state index in [1.165, 1.54) is 14.2 Å². The standard InChI is InChI=1S/C15H13N3O4/c1-20-13-8-7-10(9-14(13)21-2)15(19)22-18-12-6-4-3-5-11(12)16-17-18/h3-9H,1-2H3. The third-order valence-electron chi connectivity index (χ3n) is 3.11. The van der Waals surface area contributed by atoms with Crippen LogP contribution in [0.25, 0.3) is 11.0 Å². The Morgan fingerprint density at radius 1 is 1.05 bits per heavy atom. The van der Waals surface area contributed by atoms with Crippen molar-refractivity contribution in [3.05, 3.63) is 48.0 Å². The van der Waals surface area contributed by atoms with Crippen LogP contribution in [0.1, 0.15) is 10.4 Å².